The van der Waals surface area contributed by atoms with Crippen LogP contribution in [0, 0.1) is 11.3 Å². The number of nitriles is 1. The van der Waals surface area contributed by atoms with E-state index < -0.39 is 5.54 Å². The van der Waals surface area contributed by atoms with Crippen LogP contribution in [0.3, 0.4) is 0 Å². The van der Waals surface area contributed by atoms with Gasteiger partial charge in [0.15, 0.2) is 0 Å². The quantitative estimate of drug-likeness (QED) is 0.583. The second kappa shape index (κ2) is 9.45. The molecule has 1 spiro atoms. The molecule has 5 heteroatoms. The van der Waals surface area contributed by atoms with Gasteiger partial charge in [-0.3, -0.25) is 14.7 Å². The molecular weight excluding hydrogens is 394 g/mol. The summed E-state index contributed by atoms with van der Waals surface area (Å²) in [6, 6.07) is 18.1. The molecule has 2 aromatic carbocycles. The van der Waals surface area contributed by atoms with Crippen LogP contribution < -0.4 is 0 Å². The molecule has 1 heterocycles. The van der Waals surface area contributed by atoms with E-state index in [0.29, 0.717) is 12.1 Å². The molecule has 0 saturated heterocycles. The first kappa shape index (κ1) is 22.1. The normalized spacial score (nSPS) is 17.0. The maximum atomic E-state index is 13.3. The first-order valence-corrected chi connectivity index (χ1v) is 10.7. The first-order valence-electron chi connectivity index (χ1n) is 10.7. The summed E-state index contributed by atoms with van der Waals surface area (Å²) in [5, 5.41) is 9.35. The van der Waals surface area contributed by atoms with Crippen molar-refractivity contribution in [3.8, 4) is 17.2 Å². The number of hydrogen-bond donors (Lipinski definition) is 0. The van der Waals surface area contributed by atoms with E-state index in [1.54, 1.807) is 0 Å². The summed E-state index contributed by atoms with van der Waals surface area (Å²) in [5.74, 6) is 1.16. The van der Waals surface area contributed by atoms with Crippen LogP contribution >= 0.6 is 12.4 Å². The van der Waals surface area contributed by atoms with E-state index in [0.717, 1.165) is 67.5 Å². The van der Waals surface area contributed by atoms with Crippen LogP contribution in [-0.4, -0.2) is 22.2 Å². The van der Waals surface area contributed by atoms with Gasteiger partial charge in [-0.1, -0.05) is 68.7 Å². The van der Waals surface area contributed by atoms with Gasteiger partial charge in [0.05, 0.1) is 18.2 Å². The molecule has 1 aliphatic heterocycles. The van der Waals surface area contributed by atoms with Crippen LogP contribution in [0.2, 0.25) is 0 Å². The Morgan fingerprint density at radius 2 is 1.80 bits per heavy atom. The lowest BCUT2D eigenvalue weighted by Crippen LogP contribution is -2.40. The van der Waals surface area contributed by atoms with E-state index >= 15 is 0 Å². The fraction of sp³-hybridized carbons (Fsp3) is 0.400. The molecule has 1 aliphatic carbocycles. The number of benzene rings is 2. The largest absolute Gasteiger partial charge is 0.294 e. The zero-order valence-electron chi connectivity index (χ0n) is 17.4. The van der Waals surface area contributed by atoms with Crippen LogP contribution in [0.15, 0.2) is 53.5 Å². The van der Waals surface area contributed by atoms with Gasteiger partial charge in [0, 0.05) is 6.42 Å². The smallest absolute Gasteiger partial charge is 0.256 e. The van der Waals surface area contributed by atoms with Crippen LogP contribution in [0.5, 0.6) is 0 Å². The zero-order chi connectivity index (χ0) is 20.3. The maximum Gasteiger partial charge on any atom is 0.256 e. The monoisotopic (exact) mass is 421 g/mol. The summed E-state index contributed by atoms with van der Waals surface area (Å²) < 4.78 is 0. The number of nitrogens with zero attached hydrogens (tertiary/aromatic N) is 3. The molecule has 4 rings (SSSR count). The van der Waals surface area contributed by atoms with Gasteiger partial charge >= 0.3 is 0 Å². The van der Waals surface area contributed by atoms with Crippen LogP contribution in [0.25, 0.3) is 11.1 Å². The number of unbranched alkanes of at least 4 members (excludes halogenated alkanes) is 1. The predicted molar refractivity (Wildman–Crippen MR) is 123 cm³/mol. The molecule has 1 saturated carbocycles. The van der Waals surface area contributed by atoms with Crippen molar-refractivity contribution in [1.29, 1.82) is 5.26 Å². The molecule has 2 aliphatic rings. The number of hydrogen-bond acceptors (Lipinski definition) is 3. The Bertz CT molecular complexity index is 969. The average Bonchev–Trinajstić information content (AvgIpc) is 3.33. The fourth-order valence-corrected chi connectivity index (χ4v) is 4.50. The van der Waals surface area contributed by atoms with E-state index in [4.69, 9.17) is 4.99 Å². The Balaban J connectivity index is 0.00000256. The highest BCUT2D eigenvalue weighted by atomic mass is 35.5. The third-order valence-corrected chi connectivity index (χ3v) is 6.14. The second-order valence-corrected chi connectivity index (χ2v) is 8.12. The van der Waals surface area contributed by atoms with Gasteiger partial charge in [-0.2, -0.15) is 5.26 Å². The maximum absolute atomic E-state index is 13.3. The Morgan fingerprint density at radius 1 is 1.10 bits per heavy atom. The third-order valence-electron chi connectivity index (χ3n) is 6.14. The van der Waals surface area contributed by atoms with Crippen molar-refractivity contribution >= 4 is 24.1 Å². The Morgan fingerprint density at radius 3 is 2.47 bits per heavy atom. The molecule has 30 heavy (non-hydrogen) atoms. The SMILES string of the molecule is CCCCC1=NC2(CCCC2)C(=O)N1Cc1ccc(-c2ccccc2C#N)cc1.Cl. The standard InChI is InChI=1S/C25H27N3O.ClH/c1-2-3-10-23-27-25(15-6-7-16-25)24(29)28(23)18-19-11-13-20(14-12-19)22-9-5-4-8-21(22)17-26;/h4-5,8-9,11-14H,2-3,6-7,10,15-16,18H2,1H3;1H. The van der Waals surface area contributed by atoms with E-state index in [1.807, 2.05) is 41.3 Å². The summed E-state index contributed by atoms with van der Waals surface area (Å²) in [6.07, 6.45) is 7.00. The number of rotatable bonds is 6. The minimum atomic E-state index is -0.477. The van der Waals surface area contributed by atoms with Gasteiger partial charge in [0.25, 0.3) is 5.91 Å². The summed E-state index contributed by atoms with van der Waals surface area (Å²) in [7, 11) is 0. The summed E-state index contributed by atoms with van der Waals surface area (Å²) in [4.78, 5) is 20.1. The number of halogens is 1. The average molecular weight is 422 g/mol. The molecule has 0 atom stereocenters. The lowest BCUT2D eigenvalue weighted by molar-refractivity contribution is -0.131. The van der Waals surface area contributed by atoms with Crippen molar-refractivity contribution in [3.05, 3.63) is 59.7 Å². The van der Waals surface area contributed by atoms with Crippen molar-refractivity contribution in [2.45, 2.75) is 64.0 Å². The van der Waals surface area contributed by atoms with Crippen LogP contribution in [0.4, 0.5) is 0 Å². The lowest BCUT2D eigenvalue weighted by Gasteiger charge is -2.23. The van der Waals surface area contributed by atoms with E-state index in [-0.39, 0.29) is 18.3 Å². The van der Waals surface area contributed by atoms with Crippen LogP contribution in [-0.2, 0) is 11.3 Å². The van der Waals surface area contributed by atoms with Gasteiger partial charge in [-0.05, 0) is 42.0 Å². The zero-order valence-corrected chi connectivity index (χ0v) is 18.3. The molecular formula is C25H28ClN3O. The van der Waals surface area contributed by atoms with E-state index in [9.17, 15) is 10.1 Å². The van der Waals surface area contributed by atoms with Crippen molar-refractivity contribution in [1.82, 2.24) is 4.90 Å². The third kappa shape index (κ3) is 4.13. The second-order valence-electron chi connectivity index (χ2n) is 8.12. The predicted octanol–water partition coefficient (Wildman–Crippen LogP) is 5.89. The van der Waals surface area contributed by atoms with Gasteiger partial charge < -0.3 is 0 Å². The lowest BCUT2D eigenvalue weighted by atomic mass is 9.97. The van der Waals surface area contributed by atoms with Gasteiger partial charge in [0.2, 0.25) is 0 Å². The summed E-state index contributed by atoms with van der Waals surface area (Å²) in [5.41, 5.74) is 3.25. The minimum Gasteiger partial charge on any atom is -0.294 e. The number of amidine groups is 1. The molecule has 1 fully saturated rings. The number of amides is 1. The van der Waals surface area contributed by atoms with Crippen LogP contribution in [0.1, 0.15) is 63.0 Å². The summed E-state index contributed by atoms with van der Waals surface area (Å²) in [6.45, 7) is 2.74. The molecule has 0 bridgehead atoms. The molecule has 4 nitrogen and oxygen atoms in total. The van der Waals surface area contributed by atoms with E-state index in [1.165, 1.54) is 0 Å². The Kier molecular flexibility index (Phi) is 6.95. The molecule has 0 aromatic heterocycles. The molecule has 0 N–H and O–H groups in total. The van der Waals surface area contributed by atoms with Crippen molar-refractivity contribution in [2.75, 3.05) is 0 Å². The van der Waals surface area contributed by atoms with Gasteiger partial charge in [-0.15, -0.1) is 12.4 Å². The first-order chi connectivity index (χ1) is 14.2. The minimum absolute atomic E-state index is 0. The van der Waals surface area contributed by atoms with Gasteiger partial charge in [0.1, 0.15) is 11.4 Å². The highest BCUT2D eigenvalue weighted by Crippen LogP contribution is 2.40. The molecule has 1 amide bonds. The van der Waals surface area contributed by atoms with Crippen molar-refractivity contribution in [2.24, 2.45) is 4.99 Å². The van der Waals surface area contributed by atoms with E-state index in [2.05, 4.69) is 25.1 Å². The fourth-order valence-electron chi connectivity index (χ4n) is 4.50. The molecule has 0 radical (unpaired) electrons. The molecule has 156 valence electrons. The highest BCUT2D eigenvalue weighted by Gasteiger charge is 2.49. The number of carbonyl (C=O) groups is 1. The Labute approximate surface area is 185 Å². The topological polar surface area (TPSA) is 56.5 Å². The molecule has 2 aromatic rings. The van der Waals surface area contributed by atoms with Crippen molar-refractivity contribution < 1.29 is 4.79 Å². The van der Waals surface area contributed by atoms with Crippen molar-refractivity contribution in [3.63, 3.8) is 0 Å². The van der Waals surface area contributed by atoms with Gasteiger partial charge in [-0.25, -0.2) is 0 Å². The highest BCUT2D eigenvalue weighted by molar-refractivity contribution is 6.08. The number of aliphatic imine (C=N–C) groups is 1. The summed E-state index contributed by atoms with van der Waals surface area (Å²) >= 11 is 0. The molecule has 0 unspecified atom stereocenters. The number of carbonyl (C=O) groups excluding carboxylic acids is 1. The Hall–Kier alpha value is -2.64.